The number of aromatic nitrogens is 2. The fraction of sp³-hybridized carbons (Fsp3) is 0.312. The number of alkyl halides is 2. The molecule has 4 N–H and O–H groups in total. The van der Waals surface area contributed by atoms with Gasteiger partial charge in [0.1, 0.15) is 46.2 Å². The lowest BCUT2D eigenvalue weighted by atomic mass is 9.81. The number of benzene rings is 2. The fourth-order valence-electron chi connectivity index (χ4n) is 5.66. The number of nitrogens with zero attached hydrogens (tertiary/aromatic N) is 2. The van der Waals surface area contributed by atoms with Crippen LogP contribution in [-0.2, 0) is 15.8 Å². The predicted octanol–water partition coefficient (Wildman–Crippen LogP) is 5.30. The third-order valence-electron chi connectivity index (χ3n) is 8.46. The summed E-state index contributed by atoms with van der Waals surface area (Å²) in [5.74, 6) is -4.08. The van der Waals surface area contributed by atoms with Crippen molar-refractivity contribution in [2.24, 2.45) is 11.7 Å². The normalized spacial score (nSPS) is 18.6. The maximum atomic E-state index is 15.2. The van der Waals surface area contributed by atoms with Crippen molar-refractivity contribution in [3.8, 4) is 22.8 Å². The van der Waals surface area contributed by atoms with Gasteiger partial charge in [-0.3, -0.25) is 14.6 Å². The summed E-state index contributed by atoms with van der Waals surface area (Å²) in [4.78, 5) is 34.7. The summed E-state index contributed by atoms with van der Waals surface area (Å²) in [6.45, 7) is -0.535. The van der Waals surface area contributed by atoms with Crippen molar-refractivity contribution < 1.29 is 41.7 Å². The first-order valence-corrected chi connectivity index (χ1v) is 14.6. The first-order chi connectivity index (χ1) is 21.7. The molecule has 4 aromatic rings. The molecule has 1 aliphatic heterocycles. The number of nitrogens with two attached hydrogens (primary N) is 1. The predicted molar refractivity (Wildman–Crippen MR) is 159 cm³/mol. The first kappa shape index (κ1) is 31.5. The minimum Gasteiger partial charge on any atom is -0.489 e. The molecular weight excluding hydrogens is 632 g/mol. The molecule has 2 amide bonds. The molecule has 0 bridgehead atoms. The first-order valence-electron chi connectivity index (χ1n) is 14.2. The van der Waals surface area contributed by atoms with Gasteiger partial charge in [0.15, 0.2) is 5.75 Å². The molecule has 0 spiro atoms. The molecule has 6 rings (SSSR count). The van der Waals surface area contributed by atoms with Crippen LogP contribution < -0.4 is 20.5 Å². The molecule has 1 aliphatic carbocycles. The monoisotopic (exact) mass is 658 g/mol. The molecule has 2 aromatic carbocycles. The zero-order valence-electron chi connectivity index (χ0n) is 24.5. The Kier molecular flexibility index (Phi) is 7.80. The van der Waals surface area contributed by atoms with Gasteiger partial charge in [-0.2, -0.15) is 8.78 Å². The maximum absolute atomic E-state index is 15.2. The van der Waals surface area contributed by atoms with E-state index in [-0.39, 0.29) is 51.7 Å². The average Bonchev–Trinajstić information content (AvgIpc) is 3.80. The van der Waals surface area contributed by atoms with Gasteiger partial charge in [-0.1, -0.05) is 11.6 Å². The number of fused-ring (bicyclic) bond motifs is 2. The number of primary amides is 1. The summed E-state index contributed by atoms with van der Waals surface area (Å²) in [7, 11) is 0. The molecule has 14 heteroatoms. The molecule has 1 fully saturated rings. The van der Waals surface area contributed by atoms with E-state index in [1.54, 1.807) is 13.0 Å². The smallest absolute Gasteiger partial charge is 0.387 e. The molecule has 9 nitrogen and oxygen atoms in total. The van der Waals surface area contributed by atoms with Gasteiger partial charge in [0.25, 0.3) is 5.91 Å². The number of amides is 2. The maximum Gasteiger partial charge on any atom is 0.387 e. The molecule has 2 atom stereocenters. The van der Waals surface area contributed by atoms with Crippen LogP contribution in [0.2, 0.25) is 5.02 Å². The number of ether oxygens (including phenoxy) is 2. The van der Waals surface area contributed by atoms with Crippen LogP contribution in [0.1, 0.15) is 46.9 Å². The molecule has 0 radical (unpaired) electrons. The minimum atomic E-state index is -3.17. The molecule has 1 saturated carbocycles. The molecular formula is C32H27ClF4N4O5. The summed E-state index contributed by atoms with van der Waals surface area (Å²) in [5.41, 5.74) is 2.91. The van der Waals surface area contributed by atoms with E-state index in [1.807, 2.05) is 0 Å². The number of aryl methyl sites for hydroxylation is 1. The number of halogens is 5. The van der Waals surface area contributed by atoms with Crippen molar-refractivity contribution in [1.82, 2.24) is 15.3 Å². The molecule has 0 saturated heterocycles. The topological polar surface area (TPSA) is 137 Å². The second-order valence-corrected chi connectivity index (χ2v) is 12.2. The fourth-order valence-corrected chi connectivity index (χ4v) is 5.81. The standard InChI is InChI=1S/C32H27ClF4N4O5/c1-14-5-15-6-16(7-23(46-30(36)37)25(15)39-11-14)28(42)40-12-32(44,17-3-4-17)24-9-19-27(45-13-31(19,2)29(38)43)26(41-24)18-8-22(35)20(33)10-21(18)34/h5-11,17,30,44H,3-4,12-13H2,1-2H3,(H2,38,43)(H,40,42)/t31-,32+/m0/s1. The summed E-state index contributed by atoms with van der Waals surface area (Å²) < 4.78 is 66.5. The summed E-state index contributed by atoms with van der Waals surface area (Å²) >= 11 is 5.77. The highest BCUT2D eigenvalue weighted by atomic mass is 35.5. The number of carbonyl (C=O) groups excluding carboxylic acids is 2. The largest absolute Gasteiger partial charge is 0.489 e. The summed E-state index contributed by atoms with van der Waals surface area (Å²) in [5, 5.41) is 14.7. The van der Waals surface area contributed by atoms with Gasteiger partial charge >= 0.3 is 6.61 Å². The van der Waals surface area contributed by atoms with Crippen LogP contribution in [0, 0.1) is 24.5 Å². The number of rotatable bonds is 9. The van der Waals surface area contributed by atoms with E-state index in [9.17, 15) is 27.9 Å². The van der Waals surface area contributed by atoms with Gasteiger partial charge in [0, 0.05) is 28.3 Å². The SMILES string of the molecule is Cc1cnc2c(OC(F)F)cc(C(=O)NC[C@](O)(c3cc4c(c(-c5cc(F)c(Cl)cc5F)n3)OC[C@]4(C)C(N)=O)C3CC3)cc2c1. The van der Waals surface area contributed by atoms with Crippen LogP contribution in [0.25, 0.3) is 22.2 Å². The Hall–Kier alpha value is -4.49. The van der Waals surface area contributed by atoms with Gasteiger partial charge in [-0.05, 0) is 74.6 Å². The quantitative estimate of drug-likeness (QED) is 0.164. The second kappa shape index (κ2) is 11.4. The highest BCUT2D eigenvalue weighted by Crippen LogP contribution is 2.50. The number of aliphatic hydroxyl groups is 1. The van der Waals surface area contributed by atoms with Gasteiger partial charge in [0.05, 0.1) is 17.3 Å². The Morgan fingerprint density at radius 3 is 2.61 bits per heavy atom. The summed E-state index contributed by atoms with van der Waals surface area (Å²) in [6, 6.07) is 7.27. The van der Waals surface area contributed by atoms with E-state index < -0.39 is 58.6 Å². The van der Waals surface area contributed by atoms with E-state index in [2.05, 4.69) is 20.0 Å². The zero-order valence-corrected chi connectivity index (χ0v) is 25.2. The lowest BCUT2D eigenvalue weighted by molar-refractivity contribution is -0.123. The van der Waals surface area contributed by atoms with Crippen LogP contribution in [0.15, 0.2) is 42.6 Å². The third kappa shape index (κ3) is 5.47. The highest BCUT2D eigenvalue weighted by Gasteiger charge is 2.50. The van der Waals surface area contributed by atoms with Crippen LogP contribution >= 0.6 is 11.6 Å². The van der Waals surface area contributed by atoms with E-state index >= 15 is 4.39 Å². The Labute approximate surface area is 264 Å². The van der Waals surface area contributed by atoms with E-state index in [4.69, 9.17) is 22.1 Å². The Balaban J connectivity index is 1.42. The minimum absolute atomic E-state index is 0.0144. The summed E-state index contributed by atoms with van der Waals surface area (Å²) in [6.07, 6.45) is 2.56. The lowest BCUT2D eigenvalue weighted by Crippen LogP contribution is -2.44. The lowest BCUT2D eigenvalue weighted by Gasteiger charge is -2.30. The van der Waals surface area contributed by atoms with Gasteiger partial charge < -0.3 is 25.6 Å². The number of carbonyl (C=O) groups is 2. The Morgan fingerprint density at radius 1 is 1.20 bits per heavy atom. The van der Waals surface area contributed by atoms with E-state index in [0.717, 1.165) is 23.8 Å². The third-order valence-corrected chi connectivity index (χ3v) is 8.75. The van der Waals surface area contributed by atoms with Gasteiger partial charge in [-0.25, -0.2) is 13.8 Å². The van der Waals surface area contributed by atoms with Gasteiger partial charge in [0.2, 0.25) is 5.91 Å². The van der Waals surface area contributed by atoms with Crippen LogP contribution in [0.4, 0.5) is 17.6 Å². The van der Waals surface area contributed by atoms with Crippen molar-refractivity contribution in [3.05, 3.63) is 81.6 Å². The van der Waals surface area contributed by atoms with Crippen molar-refractivity contribution in [1.29, 1.82) is 0 Å². The van der Waals surface area contributed by atoms with E-state index in [1.165, 1.54) is 25.3 Å². The Bertz CT molecular complexity index is 1920. The zero-order chi connectivity index (χ0) is 33.1. The molecule has 2 aromatic heterocycles. The number of hydrogen-bond acceptors (Lipinski definition) is 7. The second-order valence-electron chi connectivity index (χ2n) is 11.8. The highest BCUT2D eigenvalue weighted by molar-refractivity contribution is 6.30. The van der Waals surface area contributed by atoms with Crippen molar-refractivity contribution in [2.75, 3.05) is 13.2 Å². The molecule has 46 heavy (non-hydrogen) atoms. The van der Waals surface area contributed by atoms with Crippen LogP contribution in [0.3, 0.4) is 0 Å². The number of hydrogen-bond donors (Lipinski definition) is 3. The number of nitrogens with one attached hydrogen (secondary N) is 1. The van der Waals surface area contributed by atoms with Gasteiger partial charge in [-0.15, -0.1) is 0 Å². The van der Waals surface area contributed by atoms with Crippen molar-refractivity contribution in [2.45, 2.75) is 44.3 Å². The molecule has 3 heterocycles. The van der Waals surface area contributed by atoms with Crippen LogP contribution in [0.5, 0.6) is 11.5 Å². The van der Waals surface area contributed by atoms with Crippen LogP contribution in [-0.4, -0.2) is 46.7 Å². The molecule has 240 valence electrons. The molecule has 2 aliphatic rings. The van der Waals surface area contributed by atoms with E-state index in [0.29, 0.717) is 18.2 Å². The number of pyridine rings is 2. The van der Waals surface area contributed by atoms with Crippen molar-refractivity contribution >= 4 is 34.3 Å². The molecule has 0 unspecified atom stereocenters. The average molecular weight is 659 g/mol. The Morgan fingerprint density at radius 2 is 1.93 bits per heavy atom. The van der Waals surface area contributed by atoms with Crippen molar-refractivity contribution in [3.63, 3.8) is 0 Å².